The fourth-order valence-electron chi connectivity index (χ4n) is 2.14. The van der Waals surface area contributed by atoms with E-state index in [-0.39, 0.29) is 5.82 Å². The number of nitrogens with zero attached hydrogens (tertiary/aromatic N) is 2. The molecular weight excluding hydrogens is 229 g/mol. The monoisotopic (exact) mass is 247 g/mol. The lowest BCUT2D eigenvalue weighted by atomic mass is 10.1. The first kappa shape index (κ1) is 12.6. The van der Waals surface area contributed by atoms with Crippen molar-refractivity contribution < 1.29 is 4.39 Å². The van der Waals surface area contributed by atoms with Crippen molar-refractivity contribution in [1.82, 2.24) is 9.55 Å². The van der Waals surface area contributed by atoms with E-state index in [0.717, 1.165) is 30.0 Å². The number of anilines is 1. The molecule has 0 aliphatic heterocycles. The zero-order valence-electron chi connectivity index (χ0n) is 11.0. The molecule has 0 aliphatic rings. The summed E-state index contributed by atoms with van der Waals surface area (Å²) >= 11 is 0. The van der Waals surface area contributed by atoms with Crippen LogP contribution >= 0.6 is 0 Å². The van der Waals surface area contributed by atoms with Crippen LogP contribution in [-0.2, 0) is 13.0 Å². The van der Waals surface area contributed by atoms with Crippen LogP contribution in [0.2, 0.25) is 0 Å². The fourth-order valence-corrected chi connectivity index (χ4v) is 2.14. The number of aryl methyl sites for hydroxylation is 2. The van der Waals surface area contributed by atoms with Crippen LogP contribution in [0.5, 0.6) is 0 Å². The molecule has 1 aromatic heterocycles. The van der Waals surface area contributed by atoms with Gasteiger partial charge in [-0.25, -0.2) is 9.37 Å². The Morgan fingerprint density at radius 3 is 2.56 bits per heavy atom. The maximum atomic E-state index is 13.3. The number of imidazole rings is 1. The molecule has 96 valence electrons. The predicted molar refractivity (Wildman–Crippen MR) is 71.8 cm³/mol. The molecule has 0 spiro atoms. The molecule has 3 nitrogen and oxygen atoms in total. The largest absolute Gasteiger partial charge is 0.383 e. The van der Waals surface area contributed by atoms with Gasteiger partial charge in [-0.3, -0.25) is 0 Å². The standard InChI is InChI=1S/C14H18FN3/c1-4-12-17-13(14(16)18(12)5-2)10-6-7-11(15)9(3)8-10/h6-8H,4-5,16H2,1-3H3. The molecule has 0 atom stereocenters. The highest BCUT2D eigenvalue weighted by atomic mass is 19.1. The van der Waals surface area contributed by atoms with Crippen LogP contribution in [0.3, 0.4) is 0 Å². The predicted octanol–water partition coefficient (Wildman–Crippen LogP) is 3.16. The first-order chi connectivity index (χ1) is 8.58. The second-order valence-corrected chi connectivity index (χ2v) is 4.32. The van der Waals surface area contributed by atoms with Crippen molar-refractivity contribution in [1.29, 1.82) is 0 Å². The average Bonchev–Trinajstić information content (AvgIpc) is 2.69. The third kappa shape index (κ3) is 1.98. The smallest absolute Gasteiger partial charge is 0.131 e. The van der Waals surface area contributed by atoms with Gasteiger partial charge < -0.3 is 10.3 Å². The molecule has 0 aliphatic carbocycles. The van der Waals surface area contributed by atoms with E-state index in [1.165, 1.54) is 6.07 Å². The van der Waals surface area contributed by atoms with E-state index in [2.05, 4.69) is 4.98 Å². The molecule has 0 amide bonds. The van der Waals surface area contributed by atoms with E-state index in [9.17, 15) is 4.39 Å². The van der Waals surface area contributed by atoms with Gasteiger partial charge >= 0.3 is 0 Å². The Bertz CT molecular complexity index is 573. The SMILES string of the molecule is CCc1nc(-c2ccc(F)c(C)c2)c(N)n1CC. The topological polar surface area (TPSA) is 43.8 Å². The molecule has 1 aromatic carbocycles. The van der Waals surface area contributed by atoms with E-state index in [1.54, 1.807) is 19.1 Å². The first-order valence-corrected chi connectivity index (χ1v) is 6.19. The summed E-state index contributed by atoms with van der Waals surface area (Å²) in [5.41, 5.74) is 8.34. The number of nitrogens with two attached hydrogens (primary N) is 1. The van der Waals surface area contributed by atoms with E-state index in [0.29, 0.717) is 11.4 Å². The Kier molecular flexibility index (Phi) is 3.36. The number of hydrogen-bond donors (Lipinski definition) is 1. The Hall–Kier alpha value is -1.84. The average molecular weight is 247 g/mol. The Labute approximate surface area is 106 Å². The van der Waals surface area contributed by atoms with Gasteiger partial charge in [-0.2, -0.15) is 0 Å². The van der Waals surface area contributed by atoms with E-state index in [4.69, 9.17) is 5.73 Å². The molecule has 0 saturated heterocycles. The minimum Gasteiger partial charge on any atom is -0.383 e. The summed E-state index contributed by atoms with van der Waals surface area (Å²) in [6.45, 7) is 6.62. The molecule has 0 radical (unpaired) electrons. The van der Waals surface area contributed by atoms with Gasteiger partial charge in [-0.15, -0.1) is 0 Å². The van der Waals surface area contributed by atoms with Crippen LogP contribution in [-0.4, -0.2) is 9.55 Å². The minimum absolute atomic E-state index is 0.206. The van der Waals surface area contributed by atoms with Gasteiger partial charge in [0.2, 0.25) is 0 Å². The second-order valence-electron chi connectivity index (χ2n) is 4.32. The van der Waals surface area contributed by atoms with Gasteiger partial charge in [-0.1, -0.05) is 6.92 Å². The zero-order valence-corrected chi connectivity index (χ0v) is 11.0. The maximum absolute atomic E-state index is 13.3. The van der Waals surface area contributed by atoms with Gasteiger partial charge in [0.05, 0.1) is 0 Å². The molecule has 4 heteroatoms. The lowest BCUT2D eigenvalue weighted by Crippen LogP contribution is -2.04. The summed E-state index contributed by atoms with van der Waals surface area (Å²) in [6.07, 6.45) is 0.832. The van der Waals surface area contributed by atoms with Crippen LogP contribution in [0.25, 0.3) is 11.3 Å². The summed E-state index contributed by atoms with van der Waals surface area (Å²) in [4.78, 5) is 4.56. The van der Waals surface area contributed by atoms with Crippen molar-refractivity contribution >= 4 is 5.82 Å². The van der Waals surface area contributed by atoms with Gasteiger partial charge in [-0.05, 0) is 37.6 Å². The zero-order chi connectivity index (χ0) is 13.3. The molecule has 2 aromatic rings. The molecular formula is C14H18FN3. The normalized spacial score (nSPS) is 10.9. The second kappa shape index (κ2) is 4.80. The Morgan fingerprint density at radius 2 is 2.06 bits per heavy atom. The first-order valence-electron chi connectivity index (χ1n) is 6.19. The highest BCUT2D eigenvalue weighted by Crippen LogP contribution is 2.27. The minimum atomic E-state index is -0.206. The molecule has 2 N–H and O–H groups in total. The summed E-state index contributed by atoms with van der Waals surface area (Å²) < 4.78 is 15.3. The fraction of sp³-hybridized carbons (Fsp3) is 0.357. The van der Waals surface area contributed by atoms with E-state index >= 15 is 0 Å². The van der Waals surface area contributed by atoms with Gasteiger partial charge in [0.1, 0.15) is 23.2 Å². The van der Waals surface area contributed by atoms with Crippen LogP contribution in [0.15, 0.2) is 18.2 Å². The third-order valence-corrected chi connectivity index (χ3v) is 3.15. The van der Waals surface area contributed by atoms with Gasteiger partial charge in [0.25, 0.3) is 0 Å². The summed E-state index contributed by atoms with van der Waals surface area (Å²) in [5, 5.41) is 0. The molecule has 18 heavy (non-hydrogen) atoms. The Morgan fingerprint density at radius 1 is 1.33 bits per heavy atom. The quantitative estimate of drug-likeness (QED) is 0.905. The molecule has 0 bridgehead atoms. The van der Waals surface area contributed by atoms with Crippen molar-refractivity contribution in [3.63, 3.8) is 0 Å². The van der Waals surface area contributed by atoms with Crippen LogP contribution in [0, 0.1) is 12.7 Å². The number of aromatic nitrogens is 2. The summed E-state index contributed by atoms with van der Waals surface area (Å²) in [7, 11) is 0. The number of nitrogen functional groups attached to an aromatic ring is 1. The van der Waals surface area contributed by atoms with Crippen molar-refractivity contribution in [2.45, 2.75) is 33.7 Å². The van der Waals surface area contributed by atoms with Crippen molar-refractivity contribution in [3.8, 4) is 11.3 Å². The molecule has 1 heterocycles. The summed E-state index contributed by atoms with van der Waals surface area (Å²) in [5.74, 6) is 1.41. The number of halogens is 1. The van der Waals surface area contributed by atoms with E-state index in [1.807, 2.05) is 18.4 Å². The number of hydrogen-bond acceptors (Lipinski definition) is 2. The molecule has 0 saturated carbocycles. The highest BCUT2D eigenvalue weighted by Gasteiger charge is 2.14. The van der Waals surface area contributed by atoms with Crippen LogP contribution < -0.4 is 5.73 Å². The number of rotatable bonds is 3. The molecule has 0 fully saturated rings. The van der Waals surface area contributed by atoms with Crippen LogP contribution in [0.4, 0.5) is 10.2 Å². The number of benzene rings is 1. The van der Waals surface area contributed by atoms with Crippen molar-refractivity contribution in [2.24, 2.45) is 0 Å². The molecule has 2 rings (SSSR count). The maximum Gasteiger partial charge on any atom is 0.131 e. The lowest BCUT2D eigenvalue weighted by molar-refractivity contribution is 0.619. The third-order valence-electron chi connectivity index (χ3n) is 3.15. The van der Waals surface area contributed by atoms with Crippen LogP contribution in [0.1, 0.15) is 25.2 Å². The van der Waals surface area contributed by atoms with E-state index < -0.39 is 0 Å². The van der Waals surface area contributed by atoms with Gasteiger partial charge in [0, 0.05) is 18.5 Å². The summed E-state index contributed by atoms with van der Waals surface area (Å²) in [6, 6.07) is 4.97. The van der Waals surface area contributed by atoms with Gasteiger partial charge in [0.15, 0.2) is 0 Å². The Balaban J connectivity index is 2.56. The highest BCUT2D eigenvalue weighted by molar-refractivity contribution is 5.71. The lowest BCUT2D eigenvalue weighted by Gasteiger charge is -2.05. The molecule has 0 unspecified atom stereocenters. The van der Waals surface area contributed by atoms with Crippen molar-refractivity contribution in [3.05, 3.63) is 35.4 Å². The van der Waals surface area contributed by atoms with Crippen molar-refractivity contribution in [2.75, 3.05) is 5.73 Å².